The average molecular weight is 577 g/mol. The van der Waals surface area contributed by atoms with Gasteiger partial charge in [-0.15, -0.1) is 0 Å². The van der Waals surface area contributed by atoms with Crippen LogP contribution in [0, 0.1) is 10.5 Å². The van der Waals surface area contributed by atoms with E-state index >= 15 is 0 Å². The van der Waals surface area contributed by atoms with Crippen LogP contribution < -0.4 is 21.3 Å². The molecule has 0 spiro atoms. The Morgan fingerprint density at radius 3 is 2.49 bits per heavy atom. The van der Waals surface area contributed by atoms with E-state index in [0.29, 0.717) is 29.3 Å². The molecule has 3 aromatic carbocycles. The number of nitrogens with zero attached hydrogens (tertiary/aromatic N) is 1. The molecule has 1 aromatic heterocycles. The molecule has 1 aliphatic heterocycles. The van der Waals surface area contributed by atoms with Crippen molar-refractivity contribution in [2.75, 3.05) is 16.0 Å². The maximum absolute atomic E-state index is 13.3. The van der Waals surface area contributed by atoms with Crippen LogP contribution in [-0.4, -0.2) is 16.0 Å². The molecule has 1 amide bonds. The molecule has 7 nitrogen and oxygen atoms in total. The standard InChI is InChI=1S/C27H24IN5O2/c1-16-2-8-20(34)13-23(16)31-22-10-11-30-26-25(22)27(35)33-24-12-18(5-9-21(24)32-26)15-29-14-17-3-6-19(28)7-4-17/h2-13,29,34H,14-15H2,1H3,(H,33,35)(H2,30,31,32). The first kappa shape index (κ1) is 23.1. The number of carbonyl (C=O) groups is 1. The minimum Gasteiger partial charge on any atom is -0.508 e. The Bertz CT molecular complexity index is 1410. The summed E-state index contributed by atoms with van der Waals surface area (Å²) in [5.41, 5.74) is 6.42. The van der Waals surface area contributed by atoms with Crippen LogP contribution in [0.3, 0.4) is 0 Å². The van der Waals surface area contributed by atoms with Gasteiger partial charge < -0.3 is 26.4 Å². The van der Waals surface area contributed by atoms with Crippen molar-refractivity contribution in [3.05, 3.63) is 98.8 Å². The van der Waals surface area contributed by atoms with Crippen LogP contribution >= 0.6 is 22.6 Å². The predicted octanol–water partition coefficient (Wildman–Crippen LogP) is 6.04. The lowest BCUT2D eigenvalue weighted by Gasteiger charge is -2.14. The molecule has 0 saturated heterocycles. The summed E-state index contributed by atoms with van der Waals surface area (Å²) in [6.45, 7) is 3.37. The first-order valence-electron chi connectivity index (χ1n) is 11.2. The maximum atomic E-state index is 13.3. The summed E-state index contributed by atoms with van der Waals surface area (Å²) in [6, 6.07) is 21.2. The van der Waals surface area contributed by atoms with Gasteiger partial charge in [-0.2, -0.15) is 0 Å². The molecule has 0 atom stereocenters. The van der Waals surface area contributed by atoms with Gasteiger partial charge in [0.2, 0.25) is 0 Å². The van der Waals surface area contributed by atoms with Crippen molar-refractivity contribution in [1.29, 1.82) is 0 Å². The van der Waals surface area contributed by atoms with E-state index < -0.39 is 0 Å². The highest BCUT2D eigenvalue weighted by Gasteiger charge is 2.24. The summed E-state index contributed by atoms with van der Waals surface area (Å²) >= 11 is 2.30. The van der Waals surface area contributed by atoms with E-state index in [1.54, 1.807) is 24.4 Å². The van der Waals surface area contributed by atoms with E-state index in [1.807, 2.05) is 31.2 Å². The number of aryl methyl sites for hydroxylation is 1. The van der Waals surface area contributed by atoms with Crippen molar-refractivity contribution in [1.82, 2.24) is 10.3 Å². The van der Waals surface area contributed by atoms with E-state index in [4.69, 9.17) is 0 Å². The number of anilines is 5. The minimum absolute atomic E-state index is 0.149. The highest BCUT2D eigenvalue weighted by molar-refractivity contribution is 14.1. The molecule has 5 rings (SSSR count). The fourth-order valence-corrected chi connectivity index (χ4v) is 4.32. The maximum Gasteiger partial charge on any atom is 0.261 e. The first-order chi connectivity index (χ1) is 17.0. The van der Waals surface area contributed by atoms with E-state index in [1.165, 1.54) is 9.13 Å². The molecule has 4 aromatic rings. The van der Waals surface area contributed by atoms with Crippen LogP contribution in [0.4, 0.5) is 28.6 Å². The van der Waals surface area contributed by atoms with Crippen molar-refractivity contribution in [3.63, 3.8) is 0 Å². The highest BCUT2D eigenvalue weighted by Crippen LogP contribution is 2.36. The Hall–Kier alpha value is -3.63. The fourth-order valence-electron chi connectivity index (χ4n) is 3.96. The second-order valence-electron chi connectivity index (χ2n) is 8.40. The zero-order valence-corrected chi connectivity index (χ0v) is 21.2. The van der Waals surface area contributed by atoms with Gasteiger partial charge >= 0.3 is 0 Å². The molecular formula is C27H24IN5O2. The van der Waals surface area contributed by atoms with Crippen molar-refractivity contribution in [2.24, 2.45) is 0 Å². The van der Waals surface area contributed by atoms with Crippen LogP contribution in [-0.2, 0) is 13.1 Å². The molecule has 0 unspecified atom stereocenters. The number of fused-ring (bicyclic) bond motifs is 2. The topological polar surface area (TPSA) is 98.3 Å². The molecule has 0 bridgehead atoms. The number of pyridine rings is 1. The fraction of sp³-hybridized carbons (Fsp3) is 0.111. The second kappa shape index (κ2) is 9.93. The first-order valence-corrected chi connectivity index (χ1v) is 12.3. The molecule has 0 fully saturated rings. The van der Waals surface area contributed by atoms with E-state index in [2.05, 4.69) is 73.1 Å². The second-order valence-corrected chi connectivity index (χ2v) is 9.64. The number of aromatic hydroxyl groups is 1. The number of aromatic nitrogens is 1. The van der Waals surface area contributed by atoms with Crippen molar-refractivity contribution < 1.29 is 9.90 Å². The van der Waals surface area contributed by atoms with Crippen LogP contribution in [0.2, 0.25) is 0 Å². The molecule has 8 heteroatoms. The molecule has 0 radical (unpaired) electrons. The molecule has 1 aliphatic rings. The summed E-state index contributed by atoms with van der Waals surface area (Å²) in [5, 5.41) is 22.9. The summed E-state index contributed by atoms with van der Waals surface area (Å²) in [4.78, 5) is 17.7. The monoisotopic (exact) mass is 577 g/mol. The number of carbonyl (C=O) groups excluding carboxylic acids is 1. The van der Waals surface area contributed by atoms with Gasteiger partial charge in [-0.05, 0) is 82.6 Å². The number of phenolic OH excluding ortho intramolecular Hbond substituents is 1. The van der Waals surface area contributed by atoms with Crippen LogP contribution in [0.1, 0.15) is 27.0 Å². The number of amides is 1. The predicted molar refractivity (Wildman–Crippen MR) is 148 cm³/mol. The van der Waals surface area contributed by atoms with Gasteiger partial charge in [-0.1, -0.05) is 24.3 Å². The van der Waals surface area contributed by atoms with Gasteiger partial charge in [0.15, 0.2) is 0 Å². The largest absolute Gasteiger partial charge is 0.508 e. The summed E-state index contributed by atoms with van der Waals surface area (Å²) < 4.78 is 1.21. The Morgan fingerprint density at radius 1 is 0.886 bits per heavy atom. The molecule has 35 heavy (non-hydrogen) atoms. The van der Waals surface area contributed by atoms with E-state index in [0.717, 1.165) is 29.0 Å². The summed E-state index contributed by atoms with van der Waals surface area (Å²) in [7, 11) is 0. The number of benzene rings is 3. The molecule has 176 valence electrons. The van der Waals surface area contributed by atoms with E-state index in [-0.39, 0.29) is 11.7 Å². The van der Waals surface area contributed by atoms with Crippen molar-refractivity contribution >= 4 is 57.1 Å². The third-order valence-corrected chi connectivity index (χ3v) is 6.54. The van der Waals surface area contributed by atoms with Gasteiger partial charge in [0.25, 0.3) is 5.91 Å². The molecule has 5 N–H and O–H groups in total. The Morgan fingerprint density at radius 2 is 1.66 bits per heavy atom. The number of rotatable bonds is 6. The van der Waals surface area contributed by atoms with Gasteiger partial charge in [-0.25, -0.2) is 4.98 Å². The van der Waals surface area contributed by atoms with Crippen LogP contribution in [0.5, 0.6) is 5.75 Å². The van der Waals surface area contributed by atoms with Gasteiger partial charge in [-0.3, -0.25) is 4.79 Å². The van der Waals surface area contributed by atoms with Gasteiger partial charge in [0.1, 0.15) is 17.1 Å². The number of hydrogen-bond donors (Lipinski definition) is 5. The summed E-state index contributed by atoms with van der Waals surface area (Å²) in [6.07, 6.45) is 1.65. The van der Waals surface area contributed by atoms with Crippen molar-refractivity contribution in [2.45, 2.75) is 20.0 Å². The quantitative estimate of drug-likeness (QED) is 0.179. The SMILES string of the molecule is Cc1ccc(O)cc1Nc1ccnc2c1C(=O)Nc1cc(CNCc3ccc(I)cc3)ccc1N2. The Kier molecular flexibility index (Phi) is 6.56. The molecule has 0 aliphatic carbocycles. The third kappa shape index (κ3) is 5.23. The summed E-state index contributed by atoms with van der Waals surface area (Å²) in [5.74, 6) is 0.355. The average Bonchev–Trinajstić information content (AvgIpc) is 2.98. The lowest BCUT2D eigenvalue weighted by molar-refractivity contribution is 0.102. The third-order valence-electron chi connectivity index (χ3n) is 5.83. The Balaban J connectivity index is 1.35. The lowest BCUT2D eigenvalue weighted by atomic mass is 10.1. The van der Waals surface area contributed by atoms with Gasteiger partial charge in [0.05, 0.1) is 17.1 Å². The van der Waals surface area contributed by atoms with Crippen LogP contribution in [0.25, 0.3) is 0 Å². The van der Waals surface area contributed by atoms with Crippen molar-refractivity contribution in [3.8, 4) is 5.75 Å². The number of halogens is 1. The normalized spacial score (nSPS) is 12.1. The zero-order valence-electron chi connectivity index (χ0n) is 19.0. The van der Waals surface area contributed by atoms with Crippen LogP contribution in [0.15, 0.2) is 72.9 Å². The van der Waals surface area contributed by atoms with E-state index in [9.17, 15) is 9.90 Å². The highest BCUT2D eigenvalue weighted by atomic mass is 127. The minimum atomic E-state index is -0.261. The number of hydrogen-bond acceptors (Lipinski definition) is 6. The lowest BCUT2D eigenvalue weighted by Crippen LogP contribution is -2.15. The molecular weight excluding hydrogens is 553 g/mol. The number of phenols is 1. The van der Waals surface area contributed by atoms with Gasteiger partial charge in [0, 0.05) is 34.6 Å². The number of nitrogens with one attached hydrogen (secondary N) is 4. The zero-order chi connectivity index (χ0) is 24.4. The molecule has 0 saturated carbocycles. The smallest absolute Gasteiger partial charge is 0.261 e. The molecule has 2 heterocycles. The Labute approximate surface area is 217 Å².